The highest BCUT2D eigenvalue weighted by atomic mass is 16.5. The van der Waals surface area contributed by atoms with Crippen LogP contribution in [0.25, 0.3) is 11.0 Å². The third-order valence-electron chi connectivity index (χ3n) is 4.50. The van der Waals surface area contributed by atoms with Crippen LogP contribution in [0.15, 0.2) is 29.1 Å². The van der Waals surface area contributed by atoms with Crippen molar-refractivity contribution >= 4 is 11.0 Å². The number of nitrogens with zero attached hydrogens (tertiary/aromatic N) is 2. The van der Waals surface area contributed by atoms with Gasteiger partial charge in [0.25, 0.3) is 0 Å². The smallest absolute Gasteiger partial charge is 0.329 e. The van der Waals surface area contributed by atoms with Crippen LogP contribution in [-0.4, -0.2) is 21.8 Å². The summed E-state index contributed by atoms with van der Waals surface area (Å²) in [7, 11) is 0. The first kappa shape index (κ1) is 12.2. The Kier molecular flexibility index (Phi) is 2.91. The molecule has 20 heavy (non-hydrogen) atoms. The molecule has 2 aliphatic rings. The number of hydrogen-bond acceptors (Lipinski definition) is 2. The van der Waals surface area contributed by atoms with Gasteiger partial charge >= 0.3 is 5.69 Å². The Balaban J connectivity index is 1.63. The van der Waals surface area contributed by atoms with Crippen LogP contribution < -0.4 is 5.69 Å². The molecule has 0 aliphatic heterocycles. The monoisotopic (exact) mass is 272 g/mol. The third-order valence-corrected chi connectivity index (χ3v) is 4.50. The van der Waals surface area contributed by atoms with E-state index < -0.39 is 0 Å². The van der Waals surface area contributed by atoms with Gasteiger partial charge in [0.2, 0.25) is 0 Å². The van der Waals surface area contributed by atoms with Crippen molar-refractivity contribution < 1.29 is 4.74 Å². The van der Waals surface area contributed by atoms with Gasteiger partial charge in [-0.2, -0.15) is 0 Å². The van der Waals surface area contributed by atoms with Crippen molar-refractivity contribution in [3.05, 3.63) is 34.7 Å². The highest BCUT2D eigenvalue weighted by molar-refractivity contribution is 5.76. The van der Waals surface area contributed by atoms with E-state index in [1.165, 1.54) is 19.3 Å². The normalized spacial score (nSPS) is 19.4. The van der Waals surface area contributed by atoms with Crippen molar-refractivity contribution in [1.82, 2.24) is 9.13 Å². The first-order valence-corrected chi connectivity index (χ1v) is 7.66. The number of para-hydroxylation sites is 2. The molecule has 0 saturated heterocycles. The molecule has 0 radical (unpaired) electrons. The maximum atomic E-state index is 12.6. The Morgan fingerprint density at radius 2 is 1.85 bits per heavy atom. The Bertz CT molecular complexity index is 677. The van der Waals surface area contributed by atoms with Gasteiger partial charge in [-0.25, -0.2) is 4.79 Å². The molecule has 2 aliphatic carbocycles. The van der Waals surface area contributed by atoms with Gasteiger partial charge in [-0.15, -0.1) is 0 Å². The van der Waals surface area contributed by atoms with E-state index in [2.05, 4.69) is 6.07 Å². The Morgan fingerprint density at radius 3 is 2.50 bits per heavy atom. The standard InChI is InChI=1S/C16H20N2O2/c19-16-17(10-11-20-13-4-3-5-13)14-6-1-2-7-15(14)18(16)12-8-9-12/h1-2,6-7,12-13H,3-5,8-11H2. The van der Waals surface area contributed by atoms with E-state index in [9.17, 15) is 4.79 Å². The van der Waals surface area contributed by atoms with Crippen LogP contribution in [0.2, 0.25) is 0 Å². The summed E-state index contributed by atoms with van der Waals surface area (Å²) >= 11 is 0. The van der Waals surface area contributed by atoms with E-state index >= 15 is 0 Å². The predicted octanol–water partition coefficient (Wildman–Crippen LogP) is 2.71. The number of fused-ring (bicyclic) bond motifs is 1. The summed E-state index contributed by atoms with van der Waals surface area (Å²) in [6.45, 7) is 1.30. The van der Waals surface area contributed by atoms with Gasteiger partial charge in [0, 0.05) is 6.04 Å². The lowest BCUT2D eigenvalue weighted by atomic mass is 9.96. The molecule has 4 rings (SSSR count). The number of aromatic nitrogens is 2. The molecular weight excluding hydrogens is 252 g/mol. The quantitative estimate of drug-likeness (QED) is 0.839. The van der Waals surface area contributed by atoms with Crippen molar-refractivity contribution in [3.63, 3.8) is 0 Å². The van der Waals surface area contributed by atoms with Crippen LogP contribution in [0, 0.1) is 0 Å². The summed E-state index contributed by atoms with van der Waals surface area (Å²) in [4.78, 5) is 12.6. The van der Waals surface area contributed by atoms with Crippen LogP contribution in [0.3, 0.4) is 0 Å². The first-order chi connectivity index (χ1) is 9.84. The van der Waals surface area contributed by atoms with Crippen molar-refractivity contribution in [2.45, 2.75) is 50.8 Å². The van der Waals surface area contributed by atoms with Crippen molar-refractivity contribution in [3.8, 4) is 0 Å². The Hall–Kier alpha value is -1.55. The number of hydrogen-bond donors (Lipinski definition) is 0. The van der Waals surface area contributed by atoms with E-state index in [4.69, 9.17) is 4.74 Å². The lowest BCUT2D eigenvalue weighted by molar-refractivity contribution is -0.00131. The molecule has 2 fully saturated rings. The zero-order valence-corrected chi connectivity index (χ0v) is 11.6. The average molecular weight is 272 g/mol. The largest absolute Gasteiger partial charge is 0.376 e. The molecule has 0 N–H and O–H groups in total. The lowest BCUT2D eigenvalue weighted by Gasteiger charge is -2.25. The molecule has 2 saturated carbocycles. The minimum atomic E-state index is 0.130. The maximum Gasteiger partial charge on any atom is 0.329 e. The molecule has 1 aromatic heterocycles. The summed E-state index contributed by atoms with van der Waals surface area (Å²) < 4.78 is 9.65. The summed E-state index contributed by atoms with van der Waals surface area (Å²) in [5.74, 6) is 0. The third kappa shape index (κ3) is 1.99. The number of benzene rings is 1. The topological polar surface area (TPSA) is 36.2 Å². The molecule has 4 heteroatoms. The van der Waals surface area contributed by atoms with Gasteiger partial charge in [0.15, 0.2) is 0 Å². The van der Waals surface area contributed by atoms with Gasteiger partial charge < -0.3 is 4.74 Å². The number of imidazole rings is 1. The SMILES string of the molecule is O=c1n(CCOC2CCC2)c2ccccc2n1C1CC1. The predicted molar refractivity (Wildman–Crippen MR) is 78.1 cm³/mol. The van der Waals surface area contributed by atoms with E-state index in [1.807, 2.05) is 27.3 Å². The molecule has 0 bridgehead atoms. The first-order valence-electron chi connectivity index (χ1n) is 7.66. The number of rotatable bonds is 5. The van der Waals surface area contributed by atoms with E-state index in [0.29, 0.717) is 25.3 Å². The molecule has 0 spiro atoms. The van der Waals surface area contributed by atoms with Crippen molar-refractivity contribution in [1.29, 1.82) is 0 Å². The van der Waals surface area contributed by atoms with Crippen molar-refractivity contribution in [2.75, 3.05) is 6.61 Å². The minimum Gasteiger partial charge on any atom is -0.376 e. The van der Waals surface area contributed by atoms with Crippen LogP contribution >= 0.6 is 0 Å². The molecule has 0 amide bonds. The summed E-state index contributed by atoms with van der Waals surface area (Å²) in [5.41, 5.74) is 2.25. The molecule has 106 valence electrons. The van der Waals surface area contributed by atoms with Crippen LogP contribution in [0.4, 0.5) is 0 Å². The molecule has 1 heterocycles. The van der Waals surface area contributed by atoms with Gasteiger partial charge in [-0.1, -0.05) is 12.1 Å². The fourth-order valence-corrected chi connectivity index (χ4v) is 2.98. The highest BCUT2D eigenvalue weighted by Crippen LogP contribution is 2.36. The highest BCUT2D eigenvalue weighted by Gasteiger charge is 2.28. The number of ether oxygens (including phenoxy) is 1. The van der Waals surface area contributed by atoms with Crippen LogP contribution in [-0.2, 0) is 11.3 Å². The second-order valence-corrected chi connectivity index (χ2v) is 5.95. The van der Waals surface area contributed by atoms with Crippen molar-refractivity contribution in [2.24, 2.45) is 0 Å². The van der Waals surface area contributed by atoms with E-state index in [0.717, 1.165) is 23.9 Å². The summed E-state index contributed by atoms with van der Waals surface area (Å²) in [6.07, 6.45) is 6.34. The summed E-state index contributed by atoms with van der Waals surface area (Å²) in [6, 6.07) is 8.52. The lowest BCUT2D eigenvalue weighted by Crippen LogP contribution is -2.28. The van der Waals surface area contributed by atoms with E-state index in [1.54, 1.807) is 0 Å². The van der Waals surface area contributed by atoms with Gasteiger partial charge in [0.05, 0.1) is 30.3 Å². The van der Waals surface area contributed by atoms with E-state index in [-0.39, 0.29) is 5.69 Å². The molecule has 2 aromatic rings. The second-order valence-electron chi connectivity index (χ2n) is 5.95. The second kappa shape index (κ2) is 4.77. The molecule has 1 aromatic carbocycles. The summed E-state index contributed by atoms with van der Waals surface area (Å²) in [5, 5.41) is 0. The molecule has 0 unspecified atom stereocenters. The molecule has 0 atom stereocenters. The Labute approximate surface area is 118 Å². The van der Waals surface area contributed by atoms with Gasteiger partial charge in [-0.3, -0.25) is 9.13 Å². The average Bonchev–Trinajstić information content (AvgIpc) is 3.19. The fourth-order valence-electron chi connectivity index (χ4n) is 2.98. The van der Waals surface area contributed by atoms with Crippen LogP contribution in [0.1, 0.15) is 38.1 Å². The van der Waals surface area contributed by atoms with Crippen LogP contribution in [0.5, 0.6) is 0 Å². The Morgan fingerprint density at radius 1 is 1.10 bits per heavy atom. The molecular formula is C16H20N2O2. The van der Waals surface area contributed by atoms with Gasteiger partial charge in [0.1, 0.15) is 0 Å². The van der Waals surface area contributed by atoms with Gasteiger partial charge in [-0.05, 0) is 44.2 Å². The minimum absolute atomic E-state index is 0.130. The molecule has 4 nitrogen and oxygen atoms in total. The maximum absolute atomic E-state index is 12.6. The fraction of sp³-hybridized carbons (Fsp3) is 0.562. The zero-order chi connectivity index (χ0) is 13.5. The zero-order valence-electron chi connectivity index (χ0n) is 11.6.